The van der Waals surface area contributed by atoms with Gasteiger partial charge in [0.25, 0.3) is 0 Å². The molecule has 3 N–H and O–H groups in total. The van der Waals surface area contributed by atoms with Gasteiger partial charge in [-0.15, -0.1) is 0 Å². The smallest absolute Gasteiger partial charge is 0.323 e. The van der Waals surface area contributed by atoms with Crippen LogP contribution in [0.1, 0.15) is 0 Å². The molecule has 1 fully saturated rings. The van der Waals surface area contributed by atoms with Gasteiger partial charge in [-0.25, -0.2) is 13.2 Å². The van der Waals surface area contributed by atoms with Gasteiger partial charge in [-0.1, -0.05) is 12.1 Å². The summed E-state index contributed by atoms with van der Waals surface area (Å²) in [7, 11) is -3.65. The minimum Gasteiger partial charge on any atom is -0.506 e. The fourth-order valence-corrected chi connectivity index (χ4v) is 4.67. The number of imidazole rings is 1. The van der Waals surface area contributed by atoms with Crippen LogP contribution < -0.4 is 10.6 Å². The van der Waals surface area contributed by atoms with Gasteiger partial charge in [0.15, 0.2) is 0 Å². The number of hydrogen-bond donors (Lipinski definition) is 3. The molecule has 0 atom stereocenters. The van der Waals surface area contributed by atoms with E-state index in [2.05, 4.69) is 9.97 Å². The molecule has 0 aliphatic carbocycles. The summed E-state index contributed by atoms with van der Waals surface area (Å²) >= 11 is 0. The van der Waals surface area contributed by atoms with Gasteiger partial charge in [0.2, 0.25) is 10.0 Å². The van der Waals surface area contributed by atoms with E-state index in [4.69, 9.17) is 0 Å². The normalized spacial score (nSPS) is 16.2. The highest BCUT2D eigenvalue weighted by Gasteiger charge is 2.29. The van der Waals surface area contributed by atoms with Gasteiger partial charge < -0.3 is 20.0 Å². The number of phenolic OH excluding ortho intramolecular Hbond substituents is 1. The minimum atomic E-state index is -3.65. The number of aromatic hydroxyl groups is 1. The third kappa shape index (κ3) is 2.85. The molecule has 1 aliphatic heterocycles. The molecule has 0 amide bonds. The van der Waals surface area contributed by atoms with Crippen molar-refractivity contribution >= 4 is 26.7 Å². The first kappa shape index (κ1) is 16.7. The van der Waals surface area contributed by atoms with Crippen molar-refractivity contribution in [1.82, 2.24) is 14.3 Å². The number of hydrogen-bond acceptors (Lipinski definition) is 5. The van der Waals surface area contributed by atoms with Crippen molar-refractivity contribution in [2.75, 3.05) is 31.1 Å². The van der Waals surface area contributed by atoms with Crippen molar-refractivity contribution in [3.05, 3.63) is 52.9 Å². The van der Waals surface area contributed by atoms with Gasteiger partial charge in [0.05, 0.1) is 21.6 Å². The lowest BCUT2D eigenvalue weighted by Gasteiger charge is -2.35. The van der Waals surface area contributed by atoms with Gasteiger partial charge in [-0.2, -0.15) is 4.31 Å². The van der Waals surface area contributed by atoms with Crippen molar-refractivity contribution in [3.63, 3.8) is 0 Å². The molecule has 1 aromatic heterocycles. The number of H-pyrrole nitrogens is 2. The Morgan fingerprint density at radius 1 is 0.923 bits per heavy atom. The monoisotopic (exact) mass is 374 g/mol. The van der Waals surface area contributed by atoms with E-state index < -0.39 is 10.0 Å². The molecule has 26 heavy (non-hydrogen) atoms. The summed E-state index contributed by atoms with van der Waals surface area (Å²) in [6.45, 7) is 1.61. The third-order valence-electron chi connectivity index (χ3n) is 4.59. The first-order chi connectivity index (χ1) is 12.4. The molecule has 0 spiro atoms. The second kappa shape index (κ2) is 6.19. The number of piperazine rings is 1. The second-order valence-corrected chi connectivity index (χ2v) is 8.10. The number of sulfonamides is 1. The van der Waals surface area contributed by atoms with E-state index in [1.807, 2.05) is 17.0 Å². The molecule has 0 bridgehead atoms. The van der Waals surface area contributed by atoms with Crippen LogP contribution in [0.5, 0.6) is 5.75 Å². The van der Waals surface area contributed by atoms with Crippen LogP contribution in [-0.4, -0.2) is 54.0 Å². The molecule has 1 saturated heterocycles. The Morgan fingerprint density at radius 2 is 1.62 bits per heavy atom. The highest BCUT2D eigenvalue weighted by Crippen LogP contribution is 2.28. The van der Waals surface area contributed by atoms with E-state index >= 15 is 0 Å². The lowest BCUT2D eigenvalue weighted by Crippen LogP contribution is -2.48. The first-order valence-corrected chi connectivity index (χ1v) is 9.64. The van der Waals surface area contributed by atoms with Crippen LogP contribution >= 0.6 is 0 Å². The second-order valence-electron chi connectivity index (χ2n) is 6.17. The Balaban J connectivity index is 1.55. The minimum absolute atomic E-state index is 0.149. The predicted molar refractivity (Wildman–Crippen MR) is 98.0 cm³/mol. The molecule has 0 radical (unpaired) electrons. The first-order valence-electron chi connectivity index (χ1n) is 8.20. The Labute approximate surface area is 149 Å². The standard InChI is InChI=1S/C17H18N4O4S/c22-16-4-2-1-3-15(16)20-7-9-21(10-8-20)26(24,25)12-5-6-13-14(11-12)19-17(23)18-13/h1-6,11,22H,7-10H2,(H2,18,19,23). The van der Waals surface area contributed by atoms with E-state index in [9.17, 15) is 18.3 Å². The van der Waals surface area contributed by atoms with Crippen LogP contribution in [0.4, 0.5) is 5.69 Å². The highest BCUT2D eigenvalue weighted by atomic mass is 32.2. The fraction of sp³-hybridized carbons (Fsp3) is 0.235. The van der Waals surface area contributed by atoms with Gasteiger partial charge in [-0.3, -0.25) is 0 Å². The molecule has 4 rings (SSSR count). The van der Waals surface area contributed by atoms with Crippen molar-refractivity contribution in [2.45, 2.75) is 4.90 Å². The van der Waals surface area contributed by atoms with Gasteiger partial charge >= 0.3 is 5.69 Å². The SMILES string of the molecule is O=c1[nH]c2ccc(S(=O)(=O)N3CCN(c4ccccc4O)CC3)cc2[nH]1. The Bertz CT molecular complexity index is 1110. The summed E-state index contributed by atoms with van der Waals surface area (Å²) in [6, 6.07) is 11.6. The van der Waals surface area contributed by atoms with Gasteiger partial charge in [0.1, 0.15) is 5.75 Å². The number of aromatic amines is 2. The van der Waals surface area contributed by atoms with Crippen LogP contribution in [0.3, 0.4) is 0 Å². The van der Waals surface area contributed by atoms with Crippen LogP contribution in [0.25, 0.3) is 11.0 Å². The Hall–Kier alpha value is -2.78. The molecule has 2 aromatic carbocycles. The van der Waals surface area contributed by atoms with E-state index in [-0.39, 0.29) is 16.3 Å². The summed E-state index contributed by atoms with van der Waals surface area (Å²) in [4.78, 5) is 18.6. The van der Waals surface area contributed by atoms with E-state index in [0.717, 1.165) is 0 Å². The average molecular weight is 374 g/mol. The molecule has 136 valence electrons. The summed E-state index contributed by atoms with van der Waals surface area (Å²) < 4.78 is 27.2. The number of nitrogens with one attached hydrogen (secondary N) is 2. The molecule has 2 heterocycles. The summed E-state index contributed by atoms with van der Waals surface area (Å²) in [5.41, 5.74) is 1.36. The van der Waals surface area contributed by atoms with Crippen LogP contribution in [-0.2, 0) is 10.0 Å². The number of anilines is 1. The number of fused-ring (bicyclic) bond motifs is 1. The summed E-state index contributed by atoms with van der Waals surface area (Å²) in [5.74, 6) is 0.186. The quantitative estimate of drug-likeness (QED) is 0.635. The molecule has 1 aliphatic rings. The van der Waals surface area contributed by atoms with Crippen LogP contribution in [0.15, 0.2) is 52.2 Å². The van der Waals surface area contributed by atoms with Crippen molar-refractivity contribution in [3.8, 4) is 5.75 Å². The largest absolute Gasteiger partial charge is 0.506 e. The van der Waals surface area contributed by atoms with Gasteiger partial charge in [0, 0.05) is 26.2 Å². The molecule has 3 aromatic rings. The van der Waals surface area contributed by atoms with Crippen molar-refractivity contribution in [1.29, 1.82) is 0 Å². The predicted octanol–water partition coefficient (Wildman–Crippen LogP) is 1.07. The average Bonchev–Trinajstić information content (AvgIpc) is 3.01. The molecule has 0 saturated carbocycles. The number of nitrogens with zero attached hydrogens (tertiary/aromatic N) is 2. The molecular formula is C17H18N4O4S. The fourth-order valence-electron chi connectivity index (χ4n) is 3.22. The van der Waals surface area contributed by atoms with E-state index in [0.29, 0.717) is 42.9 Å². The number of benzene rings is 2. The van der Waals surface area contributed by atoms with Crippen LogP contribution in [0.2, 0.25) is 0 Å². The summed E-state index contributed by atoms with van der Waals surface area (Å²) in [5, 5.41) is 9.96. The van der Waals surface area contributed by atoms with E-state index in [1.165, 1.54) is 16.4 Å². The number of aromatic nitrogens is 2. The molecule has 9 heteroatoms. The van der Waals surface area contributed by atoms with Gasteiger partial charge in [-0.05, 0) is 30.3 Å². The zero-order valence-corrected chi connectivity index (χ0v) is 14.7. The summed E-state index contributed by atoms with van der Waals surface area (Å²) in [6.07, 6.45) is 0. The van der Waals surface area contributed by atoms with Crippen molar-refractivity contribution < 1.29 is 13.5 Å². The maximum absolute atomic E-state index is 12.9. The van der Waals surface area contributed by atoms with Crippen molar-refractivity contribution in [2.24, 2.45) is 0 Å². The lowest BCUT2D eigenvalue weighted by molar-refractivity contribution is 0.382. The zero-order chi connectivity index (χ0) is 18.3. The highest BCUT2D eigenvalue weighted by molar-refractivity contribution is 7.89. The number of phenols is 1. The number of para-hydroxylation sites is 2. The Morgan fingerprint density at radius 3 is 2.35 bits per heavy atom. The lowest BCUT2D eigenvalue weighted by atomic mass is 10.2. The molecule has 8 nitrogen and oxygen atoms in total. The zero-order valence-electron chi connectivity index (χ0n) is 13.8. The molecule has 0 unspecified atom stereocenters. The third-order valence-corrected chi connectivity index (χ3v) is 6.48. The topological polar surface area (TPSA) is 110 Å². The van der Waals surface area contributed by atoms with Crippen LogP contribution in [0, 0.1) is 0 Å². The maximum Gasteiger partial charge on any atom is 0.323 e. The maximum atomic E-state index is 12.9. The molecular weight excluding hydrogens is 356 g/mol. The number of rotatable bonds is 3. The van der Waals surface area contributed by atoms with E-state index in [1.54, 1.807) is 18.2 Å². The Kier molecular flexibility index (Phi) is 3.97.